The Balaban J connectivity index is 3.96. The van der Waals surface area contributed by atoms with Crippen molar-refractivity contribution in [1.82, 2.24) is 14.7 Å². The van der Waals surface area contributed by atoms with Crippen molar-refractivity contribution in [3.8, 4) is 0 Å². The molecule has 2 amide bonds. The Morgan fingerprint density at radius 2 is 1.10 bits per heavy atom. The molecule has 0 aliphatic heterocycles. The van der Waals surface area contributed by atoms with Crippen molar-refractivity contribution in [1.29, 1.82) is 0 Å². The van der Waals surface area contributed by atoms with Crippen LogP contribution < -0.4 is 5.73 Å². The average Bonchev–Trinajstić information content (AvgIpc) is 2.45. The number of primary amides is 1. The highest BCUT2D eigenvalue weighted by atomic mass is 16.2. The summed E-state index contributed by atoms with van der Waals surface area (Å²) >= 11 is 0. The molecule has 0 aromatic heterocycles. The third-order valence-corrected chi connectivity index (χ3v) is 3.91. The first-order chi connectivity index (χ1) is 9.58. The number of amides is 2. The number of nitrogens with zero attached hydrogens (tertiary/aromatic N) is 3. The summed E-state index contributed by atoms with van der Waals surface area (Å²) in [6.07, 6.45) is 1.99. The van der Waals surface area contributed by atoms with E-state index >= 15 is 0 Å². The summed E-state index contributed by atoms with van der Waals surface area (Å²) in [5.41, 5.74) is 5.46. The zero-order chi connectivity index (χ0) is 15.4. The third-order valence-electron chi connectivity index (χ3n) is 3.91. The Bertz CT molecular complexity index is 222. The van der Waals surface area contributed by atoms with E-state index in [4.69, 9.17) is 5.73 Å². The normalized spacial score (nSPS) is 11.3. The predicted molar refractivity (Wildman–Crippen MR) is 86.0 cm³/mol. The number of urea groups is 1. The van der Waals surface area contributed by atoms with Crippen molar-refractivity contribution in [2.75, 3.05) is 52.4 Å². The zero-order valence-electron chi connectivity index (χ0n) is 13.9. The van der Waals surface area contributed by atoms with Gasteiger partial charge < -0.3 is 20.4 Å². The zero-order valence-corrected chi connectivity index (χ0v) is 13.9. The van der Waals surface area contributed by atoms with Gasteiger partial charge in [0.15, 0.2) is 0 Å². The van der Waals surface area contributed by atoms with Crippen LogP contribution in [0.3, 0.4) is 0 Å². The van der Waals surface area contributed by atoms with Crippen molar-refractivity contribution < 1.29 is 4.79 Å². The second kappa shape index (κ2) is 12.0. The molecule has 20 heavy (non-hydrogen) atoms. The van der Waals surface area contributed by atoms with Gasteiger partial charge in [-0.25, -0.2) is 4.79 Å². The number of hydrogen-bond donors (Lipinski definition) is 1. The molecule has 0 spiro atoms. The van der Waals surface area contributed by atoms with Gasteiger partial charge in [-0.15, -0.1) is 0 Å². The standard InChI is InChI=1S/C15H34N4O/c1-5-17(6-2)11-9-13-19(15(16)20)14-10-12-18(7-3)8-4/h5-14H2,1-4H3,(H2,16,20). The van der Waals surface area contributed by atoms with Gasteiger partial charge in [-0.1, -0.05) is 27.7 Å². The van der Waals surface area contributed by atoms with Gasteiger partial charge in [-0.3, -0.25) is 0 Å². The van der Waals surface area contributed by atoms with Crippen LogP contribution >= 0.6 is 0 Å². The maximum Gasteiger partial charge on any atom is 0.314 e. The molecular weight excluding hydrogens is 252 g/mol. The van der Waals surface area contributed by atoms with Crippen LogP contribution in [0.15, 0.2) is 0 Å². The Hall–Kier alpha value is -0.810. The summed E-state index contributed by atoms with van der Waals surface area (Å²) in [5, 5.41) is 0. The molecule has 0 atom stereocenters. The minimum Gasteiger partial charge on any atom is -0.351 e. The minimum absolute atomic E-state index is 0.288. The molecule has 0 aromatic rings. The molecule has 0 aliphatic rings. The van der Waals surface area contributed by atoms with Crippen LogP contribution in [0.25, 0.3) is 0 Å². The Morgan fingerprint density at radius 3 is 1.35 bits per heavy atom. The van der Waals surface area contributed by atoms with Gasteiger partial charge in [0, 0.05) is 13.1 Å². The second-order valence-electron chi connectivity index (χ2n) is 5.09. The van der Waals surface area contributed by atoms with E-state index in [9.17, 15) is 4.79 Å². The van der Waals surface area contributed by atoms with Gasteiger partial charge in [-0.05, 0) is 52.1 Å². The largest absolute Gasteiger partial charge is 0.351 e. The fourth-order valence-corrected chi connectivity index (χ4v) is 2.38. The van der Waals surface area contributed by atoms with Crippen molar-refractivity contribution in [2.24, 2.45) is 5.73 Å². The topological polar surface area (TPSA) is 52.8 Å². The highest BCUT2D eigenvalue weighted by Crippen LogP contribution is 1.99. The summed E-state index contributed by atoms with van der Waals surface area (Å²) in [5.74, 6) is 0. The molecule has 0 saturated carbocycles. The van der Waals surface area contributed by atoms with E-state index < -0.39 is 0 Å². The molecule has 0 rings (SSSR count). The lowest BCUT2D eigenvalue weighted by molar-refractivity contribution is 0.195. The van der Waals surface area contributed by atoms with E-state index in [-0.39, 0.29) is 6.03 Å². The first kappa shape index (κ1) is 19.2. The highest BCUT2D eigenvalue weighted by molar-refractivity contribution is 5.71. The van der Waals surface area contributed by atoms with E-state index in [0.29, 0.717) is 0 Å². The number of nitrogens with two attached hydrogens (primary N) is 1. The Labute approximate surface area is 125 Å². The summed E-state index contributed by atoms with van der Waals surface area (Å²) in [6.45, 7) is 16.5. The van der Waals surface area contributed by atoms with E-state index in [1.54, 1.807) is 4.90 Å². The summed E-state index contributed by atoms with van der Waals surface area (Å²) < 4.78 is 0. The van der Waals surface area contributed by atoms with Gasteiger partial charge >= 0.3 is 6.03 Å². The SMILES string of the molecule is CCN(CC)CCCN(CCCN(CC)CC)C(N)=O. The van der Waals surface area contributed by atoms with Gasteiger partial charge in [-0.2, -0.15) is 0 Å². The number of hydrogen-bond acceptors (Lipinski definition) is 3. The molecule has 120 valence electrons. The van der Waals surface area contributed by atoms with E-state index in [1.165, 1.54) is 0 Å². The van der Waals surface area contributed by atoms with E-state index in [2.05, 4.69) is 37.5 Å². The minimum atomic E-state index is -0.288. The predicted octanol–water partition coefficient (Wildman–Crippen LogP) is 1.83. The second-order valence-corrected chi connectivity index (χ2v) is 5.09. The molecule has 0 aliphatic carbocycles. The molecule has 0 bridgehead atoms. The van der Waals surface area contributed by atoms with Crippen molar-refractivity contribution in [2.45, 2.75) is 40.5 Å². The summed E-state index contributed by atoms with van der Waals surface area (Å²) in [4.78, 5) is 18.0. The molecule has 0 radical (unpaired) electrons. The Morgan fingerprint density at radius 1 is 0.750 bits per heavy atom. The number of carbonyl (C=O) groups is 1. The van der Waals surface area contributed by atoms with Crippen LogP contribution in [-0.4, -0.2) is 73.1 Å². The molecule has 0 aromatic carbocycles. The molecule has 0 saturated heterocycles. The molecule has 5 heteroatoms. The first-order valence-corrected chi connectivity index (χ1v) is 8.07. The quantitative estimate of drug-likeness (QED) is 0.595. The molecule has 0 fully saturated rings. The third kappa shape index (κ3) is 8.38. The summed E-state index contributed by atoms with van der Waals surface area (Å²) in [6, 6.07) is -0.288. The Kier molecular flexibility index (Phi) is 11.5. The van der Waals surface area contributed by atoms with Gasteiger partial charge in [0.2, 0.25) is 0 Å². The van der Waals surface area contributed by atoms with Crippen LogP contribution in [0.1, 0.15) is 40.5 Å². The van der Waals surface area contributed by atoms with Crippen LogP contribution in [0.2, 0.25) is 0 Å². The van der Waals surface area contributed by atoms with Gasteiger partial charge in [0.05, 0.1) is 0 Å². The molecule has 0 heterocycles. The van der Waals surface area contributed by atoms with Crippen molar-refractivity contribution >= 4 is 6.03 Å². The number of rotatable bonds is 12. The van der Waals surface area contributed by atoms with Gasteiger partial charge in [0.25, 0.3) is 0 Å². The number of carbonyl (C=O) groups excluding carboxylic acids is 1. The van der Waals surface area contributed by atoms with Crippen LogP contribution in [0, 0.1) is 0 Å². The maximum atomic E-state index is 11.5. The maximum absolute atomic E-state index is 11.5. The molecular formula is C15H34N4O. The fourth-order valence-electron chi connectivity index (χ4n) is 2.38. The van der Waals surface area contributed by atoms with Gasteiger partial charge in [0.1, 0.15) is 0 Å². The lowest BCUT2D eigenvalue weighted by Crippen LogP contribution is -2.39. The van der Waals surface area contributed by atoms with Crippen LogP contribution in [-0.2, 0) is 0 Å². The fraction of sp³-hybridized carbons (Fsp3) is 0.933. The average molecular weight is 286 g/mol. The van der Waals surface area contributed by atoms with Crippen LogP contribution in [0.4, 0.5) is 4.79 Å². The first-order valence-electron chi connectivity index (χ1n) is 8.07. The van der Waals surface area contributed by atoms with Crippen molar-refractivity contribution in [3.05, 3.63) is 0 Å². The molecule has 5 nitrogen and oxygen atoms in total. The van der Waals surface area contributed by atoms with E-state index in [1.807, 2.05) is 0 Å². The highest BCUT2D eigenvalue weighted by Gasteiger charge is 2.10. The lowest BCUT2D eigenvalue weighted by atomic mass is 10.3. The summed E-state index contributed by atoms with van der Waals surface area (Å²) in [7, 11) is 0. The van der Waals surface area contributed by atoms with E-state index in [0.717, 1.165) is 65.2 Å². The monoisotopic (exact) mass is 286 g/mol. The van der Waals surface area contributed by atoms with Crippen LogP contribution in [0.5, 0.6) is 0 Å². The molecule has 2 N–H and O–H groups in total. The smallest absolute Gasteiger partial charge is 0.314 e. The van der Waals surface area contributed by atoms with Crippen molar-refractivity contribution in [3.63, 3.8) is 0 Å². The lowest BCUT2D eigenvalue weighted by Gasteiger charge is -2.24. The molecule has 0 unspecified atom stereocenters.